The predicted molar refractivity (Wildman–Crippen MR) is 96.7 cm³/mol. The number of nitrogens with zero attached hydrogens (tertiary/aromatic N) is 2. The van der Waals surface area contributed by atoms with E-state index >= 15 is 0 Å². The van der Waals surface area contributed by atoms with Crippen molar-refractivity contribution in [3.05, 3.63) is 68.9 Å². The highest BCUT2D eigenvalue weighted by atomic mass is 79.9. The summed E-state index contributed by atoms with van der Waals surface area (Å²) >= 11 is 9.34. The minimum absolute atomic E-state index is 0.135. The smallest absolute Gasteiger partial charge is 0.255 e. The van der Waals surface area contributed by atoms with Crippen LogP contribution < -0.4 is 0 Å². The van der Waals surface area contributed by atoms with Gasteiger partial charge in [0.25, 0.3) is 5.91 Å². The summed E-state index contributed by atoms with van der Waals surface area (Å²) < 4.78 is 14.0. The molecule has 0 aromatic heterocycles. The Labute approximate surface area is 154 Å². The van der Waals surface area contributed by atoms with E-state index in [1.807, 2.05) is 24.3 Å². The van der Waals surface area contributed by atoms with Crippen LogP contribution in [-0.4, -0.2) is 41.9 Å². The van der Waals surface area contributed by atoms with Crippen LogP contribution in [0, 0.1) is 5.82 Å². The largest absolute Gasteiger partial charge is 0.336 e. The molecular weight excluding hydrogens is 395 g/mol. The summed E-state index contributed by atoms with van der Waals surface area (Å²) in [6.07, 6.45) is 0. The number of hydrogen-bond donors (Lipinski definition) is 0. The average Bonchev–Trinajstić information content (AvgIpc) is 2.57. The molecule has 0 bridgehead atoms. The molecule has 0 spiro atoms. The minimum atomic E-state index is -0.402. The first kappa shape index (κ1) is 17.4. The van der Waals surface area contributed by atoms with Gasteiger partial charge in [-0.25, -0.2) is 4.39 Å². The molecule has 3 rings (SSSR count). The monoisotopic (exact) mass is 410 g/mol. The normalized spacial score (nSPS) is 15.5. The highest BCUT2D eigenvalue weighted by Gasteiger charge is 2.23. The van der Waals surface area contributed by atoms with Crippen LogP contribution in [0.3, 0.4) is 0 Å². The van der Waals surface area contributed by atoms with Crippen LogP contribution in [0.25, 0.3) is 0 Å². The van der Waals surface area contributed by atoms with Crippen LogP contribution in [0.2, 0.25) is 5.02 Å². The molecule has 1 fully saturated rings. The third kappa shape index (κ3) is 4.15. The summed E-state index contributed by atoms with van der Waals surface area (Å²) in [5.41, 5.74) is 1.54. The molecule has 0 radical (unpaired) electrons. The lowest BCUT2D eigenvalue weighted by molar-refractivity contribution is 0.0627. The number of benzene rings is 2. The van der Waals surface area contributed by atoms with E-state index in [1.54, 1.807) is 11.0 Å². The second-order valence-corrected chi connectivity index (χ2v) is 7.11. The molecule has 1 saturated heterocycles. The van der Waals surface area contributed by atoms with Crippen molar-refractivity contribution < 1.29 is 9.18 Å². The van der Waals surface area contributed by atoms with E-state index in [-0.39, 0.29) is 5.91 Å². The van der Waals surface area contributed by atoms with Crippen LogP contribution in [0.1, 0.15) is 15.9 Å². The van der Waals surface area contributed by atoms with Gasteiger partial charge in [-0.1, -0.05) is 23.7 Å². The number of hydrogen-bond acceptors (Lipinski definition) is 2. The van der Waals surface area contributed by atoms with Gasteiger partial charge < -0.3 is 4.90 Å². The summed E-state index contributed by atoms with van der Waals surface area (Å²) in [6, 6.07) is 12.0. The number of amides is 1. The Kier molecular flexibility index (Phi) is 5.54. The summed E-state index contributed by atoms with van der Waals surface area (Å²) in [7, 11) is 0. The number of rotatable bonds is 3. The fraction of sp³-hybridized carbons (Fsp3) is 0.278. The third-order valence-electron chi connectivity index (χ3n) is 4.11. The van der Waals surface area contributed by atoms with Crippen LogP contribution in [0.4, 0.5) is 4.39 Å². The fourth-order valence-electron chi connectivity index (χ4n) is 2.83. The van der Waals surface area contributed by atoms with Gasteiger partial charge in [0, 0.05) is 42.2 Å². The predicted octanol–water partition coefficient (Wildman–Crippen LogP) is 4.20. The van der Waals surface area contributed by atoms with Gasteiger partial charge in [0.15, 0.2) is 0 Å². The Hall–Kier alpha value is -1.43. The van der Waals surface area contributed by atoms with Gasteiger partial charge in [0.2, 0.25) is 0 Å². The Bertz CT molecular complexity index is 748. The van der Waals surface area contributed by atoms with Crippen molar-refractivity contribution in [2.24, 2.45) is 0 Å². The first-order valence-corrected chi connectivity index (χ1v) is 8.91. The van der Waals surface area contributed by atoms with Gasteiger partial charge in [-0.3, -0.25) is 9.69 Å². The highest BCUT2D eigenvalue weighted by molar-refractivity contribution is 9.10. The number of carbonyl (C=O) groups excluding carboxylic acids is 1. The molecule has 126 valence electrons. The quantitative estimate of drug-likeness (QED) is 0.756. The average molecular weight is 412 g/mol. The van der Waals surface area contributed by atoms with Crippen LogP contribution in [0.15, 0.2) is 46.9 Å². The molecule has 0 saturated carbocycles. The zero-order valence-electron chi connectivity index (χ0n) is 13.0. The maximum absolute atomic E-state index is 13.4. The summed E-state index contributed by atoms with van der Waals surface area (Å²) in [4.78, 5) is 16.6. The van der Waals surface area contributed by atoms with Gasteiger partial charge in [-0.15, -0.1) is 0 Å². The number of halogens is 3. The van der Waals surface area contributed by atoms with Crippen molar-refractivity contribution in [2.45, 2.75) is 6.54 Å². The summed E-state index contributed by atoms with van der Waals surface area (Å²) in [5, 5.41) is 0.734. The molecule has 3 nitrogen and oxygen atoms in total. The van der Waals surface area contributed by atoms with Crippen molar-refractivity contribution in [3.8, 4) is 0 Å². The molecule has 0 aliphatic carbocycles. The maximum atomic E-state index is 13.4. The van der Waals surface area contributed by atoms with Crippen LogP contribution >= 0.6 is 27.5 Å². The lowest BCUT2D eigenvalue weighted by Crippen LogP contribution is -2.48. The lowest BCUT2D eigenvalue weighted by Gasteiger charge is -2.35. The van der Waals surface area contributed by atoms with Crippen LogP contribution in [-0.2, 0) is 6.54 Å². The van der Waals surface area contributed by atoms with E-state index in [9.17, 15) is 9.18 Å². The van der Waals surface area contributed by atoms with E-state index in [1.165, 1.54) is 12.1 Å². The van der Waals surface area contributed by atoms with Gasteiger partial charge in [0.1, 0.15) is 5.82 Å². The molecule has 2 aromatic carbocycles. The molecule has 0 N–H and O–H groups in total. The van der Waals surface area contributed by atoms with Crippen molar-refractivity contribution in [1.29, 1.82) is 0 Å². The van der Waals surface area contributed by atoms with Crippen molar-refractivity contribution >= 4 is 33.4 Å². The van der Waals surface area contributed by atoms with E-state index in [0.717, 1.165) is 30.2 Å². The van der Waals surface area contributed by atoms with Gasteiger partial charge in [-0.2, -0.15) is 0 Å². The molecule has 1 amide bonds. The maximum Gasteiger partial charge on any atom is 0.255 e. The SMILES string of the molecule is O=C(c1cc(F)ccc1Br)N1CCN(Cc2cccc(Cl)c2)CC1. The molecule has 24 heavy (non-hydrogen) atoms. The Balaban J connectivity index is 1.60. The first-order valence-electron chi connectivity index (χ1n) is 7.74. The number of piperazine rings is 1. The topological polar surface area (TPSA) is 23.6 Å². The minimum Gasteiger partial charge on any atom is -0.336 e. The van der Waals surface area contributed by atoms with Gasteiger partial charge in [0.05, 0.1) is 5.56 Å². The molecular formula is C18H17BrClFN2O. The van der Waals surface area contributed by atoms with Crippen LogP contribution in [0.5, 0.6) is 0 Å². The molecule has 1 aliphatic heterocycles. The third-order valence-corrected chi connectivity index (χ3v) is 5.04. The van der Waals surface area contributed by atoms with Crippen molar-refractivity contribution in [2.75, 3.05) is 26.2 Å². The Morgan fingerprint density at radius 3 is 2.58 bits per heavy atom. The molecule has 2 aromatic rings. The molecule has 1 aliphatic rings. The van der Waals surface area contributed by atoms with E-state index in [4.69, 9.17) is 11.6 Å². The standard InChI is InChI=1S/C18H17BrClFN2O/c19-17-5-4-15(21)11-16(17)18(24)23-8-6-22(7-9-23)12-13-2-1-3-14(20)10-13/h1-5,10-11H,6-9,12H2. The highest BCUT2D eigenvalue weighted by Crippen LogP contribution is 2.21. The second kappa shape index (κ2) is 7.64. The molecule has 1 heterocycles. The van der Waals surface area contributed by atoms with Gasteiger partial charge in [-0.05, 0) is 51.8 Å². The van der Waals surface area contributed by atoms with E-state index < -0.39 is 5.82 Å². The van der Waals surface area contributed by atoms with Gasteiger partial charge >= 0.3 is 0 Å². The summed E-state index contributed by atoms with van der Waals surface area (Å²) in [5.74, 6) is -0.537. The molecule has 0 unspecified atom stereocenters. The zero-order chi connectivity index (χ0) is 17.1. The van der Waals surface area contributed by atoms with E-state index in [2.05, 4.69) is 20.8 Å². The molecule has 6 heteroatoms. The number of carbonyl (C=O) groups is 1. The van der Waals surface area contributed by atoms with Crippen molar-refractivity contribution in [3.63, 3.8) is 0 Å². The first-order chi connectivity index (χ1) is 11.5. The summed E-state index contributed by atoms with van der Waals surface area (Å²) in [6.45, 7) is 3.63. The van der Waals surface area contributed by atoms with E-state index in [0.29, 0.717) is 23.1 Å². The molecule has 0 atom stereocenters. The van der Waals surface area contributed by atoms with Crippen molar-refractivity contribution in [1.82, 2.24) is 9.80 Å². The zero-order valence-corrected chi connectivity index (χ0v) is 15.4. The Morgan fingerprint density at radius 2 is 1.88 bits per heavy atom. The Morgan fingerprint density at radius 1 is 1.12 bits per heavy atom. The fourth-order valence-corrected chi connectivity index (χ4v) is 3.46. The second-order valence-electron chi connectivity index (χ2n) is 5.82. The lowest BCUT2D eigenvalue weighted by atomic mass is 10.1.